The Morgan fingerprint density at radius 2 is 0.852 bits per heavy atom. The van der Waals surface area contributed by atoms with Crippen LogP contribution in [0.15, 0.2) is 119 Å². The van der Waals surface area contributed by atoms with Crippen LogP contribution in [-0.4, -0.2) is 59.8 Å². The Balaban J connectivity index is 1.15. The summed E-state index contributed by atoms with van der Waals surface area (Å²) in [5.74, 6) is -4.18. The first kappa shape index (κ1) is 36.9. The Morgan fingerprint density at radius 1 is 0.463 bits per heavy atom. The molecule has 6 aromatic rings. The van der Waals surface area contributed by atoms with E-state index < -0.39 is 53.7 Å². The molecule has 0 aliphatic carbocycles. The number of carbonyl (C=O) groups excluding carboxylic acids is 4. The van der Waals surface area contributed by atoms with Crippen molar-refractivity contribution < 1.29 is 55.3 Å². The molecule has 54 heavy (non-hydrogen) atoms. The lowest BCUT2D eigenvalue weighted by atomic mass is 10.1. The van der Waals surface area contributed by atoms with Gasteiger partial charge in [0.05, 0.1) is 21.2 Å². The van der Waals surface area contributed by atoms with Crippen LogP contribution in [0.2, 0.25) is 0 Å². The molecule has 0 radical (unpaired) electrons. The van der Waals surface area contributed by atoms with Gasteiger partial charge in [-0.25, -0.2) is 0 Å². The zero-order valence-electron chi connectivity index (χ0n) is 27.3. The normalized spacial score (nSPS) is 11.5. The lowest BCUT2D eigenvalue weighted by molar-refractivity contribution is -0.132. The Hall–Kier alpha value is -6.86. The summed E-state index contributed by atoms with van der Waals surface area (Å²) in [6, 6.07) is 23.1. The van der Waals surface area contributed by atoms with E-state index in [0.717, 1.165) is 24.3 Å². The first-order valence-electron chi connectivity index (χ1n) is 15.4. The molecule has 6 rings (SSSR count). The molecule has 0 bridgehead atoms. The fourth-order valence-corrected chi connectivity index (χ4v) is 6.47. The Morgan fingerprint density at radius 3 is 1.22 bits per heavy atom. The molecule has 0 saturated carbocycles. The average molecular weight is 771 g/mol. The number of nitrogens with one attached hydrogen (secondary N) is 4. The summed E-state index contributed by atoms with van der Waals surface area (Å²) in [6.45, 7) is 0. The lowest BCUT2D eigenvalue weighted by Gasteiger charge is -2.13. The highest BCUT2D eigenvalue weighted by Gasteiger charge is 2.20. The molecule has 0 heterocycles. The third kappa shape index (κ3) is 8.27. The van der Waals surface area contributed by atoms with Crippen molar-refractivity contribution in [3.05, 3.63) is 120 Å². The first-order chi connectivity index (χ1) is 25.4. The molecule has 0 aromatic heterocycles. The summed E-state index contributed by atoms with van der Waals surface area (Å²) >= 11 is 0. The molecule has 4 amide bonds. The second-order valence-corrected chi connectivity index (χ2v) is 14.5. The van der Waals surface area contributed by atoms with Gasteiger partial charge in [-0.3, -0.25) is 28.3 Å². The van der Waals surface area contributed by atoms with Crippen LogP contribution in [0.1, 0.15) is 20.7 Å². The van der Waals surface area contributed by atoms with E-state index in [4.69, 9.17) is 0 Å². The van der Waals surface area contributed by atoms with Gasteiger partial charge in [0.15, 0.2) is 0 Å². The fourth-order valence-electron chi connectivity index (χ4n) is 5.38. The van der Waals surface area contributed by atoms with E-state index in [1.165, 1.54) is 84.9 Å². The number of fused-ring (bicyclic) bond motifs is 2. The highest BCUT2D eigenvalue weighted by Crippen LogP contribution is 2.32. The summed E-state index contributed by atoms with van der Waals surface area (Å²) in [7, 11) is -9.33. The van der Waals surface area contributed by atoms with E-state index in [-0.39, 0.29) is 66.9 Å². The van der Waals surface area contributed by atoms with E-state index in [1.54, 1.807) is 0 Å². The third-order valence-corrected chi connectivity index (χ3v) is 9.55. The Bertz CT molecular complexity index is 2600. The number of benzene rings is 6. The van der Waals surface area contributed by atoms with Crippen LogP contribution in [0.25, 0.3) is 21.5 Å². The molecule has 0 aliphatic heterocycles. The third-order valence-electron chi connectivity index (χ3n) is 7.89. The number of rotatable bonds is 8. The SMILES string of the molecule is O=C(Nc1cccc(C(=O)Nc2cc(S(=O)(=O)O)cc3ccc(O)cc23)c1)C(=O)Nc1cccc(C(=O)Nc2cc(S(=O)(=O)O)cc3ccc(O)cc23)c1. The van der Waals surface area contributed by atoms with E-state index in [1.807, 2.05) is 0 Å². The summed E-state index contributed by atoms with van der Waals surface area (Å²) in [5.41, 5.74) is -0.105. The van der Waals surface area contributed by atoms with Gasteiger partial charge in [0.1, 0.15) is 11.5 Å². The van der Waals surface area contributed by atoms with Crippen molar-refractivity contribution in [3.8, 4) is 11.5 Å². The monoisotopic (exact) mass is 770 g/mol. The van der Waals surface area contributed by atoms with Gasteiger partial charge >= 0.3 is 11.8 Å². The molecule has 0 unspecified atom stereocenters. The minimum absolute atomic E-state index is 0.0236. The second kappa shape index (κ2) is 14.3. The lowest BCUT2D eigenvalue weighted by Crippen LogP contribution is -2.29. The molecule has 0 saturated heterocycles. The fraction of sp³-hybridized carbons (Fsp3) is 0. The molecule has 274 valence electrons. The number of amides is 4. The van der Waals surface area contributed by atoms with Gasteiger partial charge in [-0.15, -0.1) is 0 Å². The number of aromatic hydroxyl groups is 2. The maximum absolute atomic E-state index is 13.2. The molecular weight excluding hydrogens is 745 g/mol. The molecule has 6 aromatic carbocycles. The molecule has 0 fully saturated rings. The molecule has 8 N–H and O–H groups in total. The Kier molecular flexibility index (Phi) is 9.76. The van der Waals surface area contributed by atoms with Crippen LogP contribution in [-0.2, 0) is 29.8 Å². The summed E-state index contributed by atoms with van der Waals surface area (Å²) in [5, 5.41) is 30.8. The predicted octanol–water partition coefficient (Wildman–Crippen LogP) is 4.98. The van der Waals surface area contributed by atoms with Crippen LogP contribution in [0.3, 0.4) is 0 Å². The van der Waals surface area contributed by atoms with Gasteiger partial charge in [0, 0.05) is 33.3 Å². The van der Waals surface area contributed by atoms with Gasteiger partial charge in [0.25, 0.3) is 32.1 Å². The van der Waals surface area contributed by atoms with E-state index in [2.05, 4.69) is 21.3 Å². The van der Waals surface area contributed by atoms with Gasteiger partial charge in [-0.1, -0.05) is 24.3 Å². The second-order valence-electron chi connectivity index (χ2n) is 11.7. The number of phenolic OH excluding ortho intramolecular Hbond substituents is 2. The number of anilines is 4. The maximum Gasteiger partial charge on any atom is 0.314 e. The quantitative estimate of drug-likeness (QED) is 0.0753. The van der Waals surface area contributed by atoms with Gasteiger partial charge < -0.3 is 31.5 Å². The molecule has 0 spiro atoms. The molecule has 0 aliphatic rings. The van der Waals surface area contributed by atoms with Crippen molar-refractivity contribution in [2.24, 2.45) is 0 Å². The van der Waals surface area contributed by atoms with Gasteiger partial charge in [-0.05, 0) is 95.7 Å². The highest BCUT2D eigenvalue weighted by atomic mass is 32.2. The largest absolute Gasteiger partial charge is 0.508 e. The minimum Gasteiger partial charge on any atom is -0.508 e. The number of hydrogen-bond acceptors (Lipinski definition) is 10. The van der Waals surface area contributed by atoms with Crippen LogP contribution in [0, 0.1) is 0 Å². The number of phenols is 2. The average Bonchev–Trinajstić information content (AvgIpc) is 3.11. The zero-order chi connectivity index (χ0) is 38.9. The highest BCUT2D eigenvalue weighted by molar-refractivity contribution is 7.86. The topological polar surface area (TPSA) is 266 Å². The zero-order valence-corrected chi connectivity index (χ0v) is 28.9. The first-order valence-corrected chi connectivity index (χ1v) is 18.3. The van der Waals surface area contributed by atoms with Crippen molar-refractivity contribution in [2.75, 3.05) is 21.3 Å². The minimum atomic E-state index is -4.67. The summed E-state index contributed by atoms with van der Waals surface area (Å²) in [6.07, 6.45) is 0. The molecule has 0 atom stereocenters. The standard InChI is InChI=1S/C36H26N4O12S2/c41-25-9-7-19-13-27(53(47,48)49)17-31(29(19)15-25)39-33(43)21-3-1-5-23(11-21)37-35(45)36(46)38-24-6-2-4-22(12-24)34(44)40-32-18-28(54(50,51)52)14-20-8-10-26(42)16-30(20)32/h1-18,41-42H,(H,37,45)(H,38,46)(H,39,43)(H,40,44)(H,47,48,49)(H,50,51,52). The summed E-state index contributed by atoms with van der Waals surface area (Å²) < 4.78 is 66.5. The maximum atomic E-state index is 13.2. The predicted molar refractivity (Wildman–Crippen MR) is 197 cm³/mol. The van der Waals surface area contributed by atoms with E-state index in [9.17, 15) is 55.3 Å². The van der Waals surface area contributed by atoms with Crippen LogP contribution < -0.4 is 21.3 Å². The van der Waals surface area contributed by atoms with E-state index >= 15 is 0 Å². The number of carbonyl (C=O) groups is 4. The molecular formula is C36H26N4O12S2. The number of hydrogen-bond donors (Lipinski definition) is 8. The van der Waals surface area contributed by atoms with Crippen LogP contribution >= 0.6 is 0 Å². The summed E-state index contributed by atoms with van der Waals surface area (Å²) in [4.78, 5) is 51.0. The van der Waals surface area contributed by atoms with Crippen molar-refractivity contribution in [1.29, 1.82) is 0 Å². The Labute approximate surface area is 305 Å². The van der Waals surface area contributed by atoms with Gasteiger partial charge in [-0.2, -0.15) is 16.8 Å². The van der Waals surface area contributed by atoms with Crippen LogP contribution in [0.5, 0.6) is 11.5 Å². The van der Waals surface area contributed by atoms with Crippen molar-refractivity contribution >= 4 is 88.2 Å². The molecule has 16 nitrogen and oxygen atoms in total. The van der Waals surface area contributed by atoms with Crippen molar-refractivity contribution in [2.45, 2.75) is 9.79 Å². The van der Waals surface area contributed by atoms with Crippen molar-refractivity contribution in [1.82, 2.24) is 0 Å². The van der Waals surface area contributed by atoms with E-state index in [0.29, 0.717) is 0 Å². The molecule has 18 heteroatoms. The van der Waals surface area contributed by atoms with Crippen molar-refractivity contribution in [3.63, 3.8) is 0 Å². The van der Waals surface area contributed by atoms with Crippen LogP contribution in [0.4, 0.5) is 22.7 Å². The van der Waals surface area contributed by atoms with Gasteiger partial charge in [0.2, 0.25) is 0 Å². The smallest absolute Gasteiger partial charge is 0.314 e.